The molecule has 3 nitrogen and oxygen atoms in total. The zero-order valence-corrected chi connectivity index (χ0v) is 13.8. The van der Waals surface area contributed by atoms with E-state index < -0.39 is 0 Å². The van der Waals surface area contributed by atoms with Gasteiger partial charge in [0.2, 0.25) is 0 Å². The molecule has 104 valence electrons. The van der Waals surface area contributed by atoms with Crippen molar-refractivity contribution < 1.29 is 4.74 Å². The Labute approximate surface area is 128 Å². The minimum atomic E-state index is 0.102. The maximum Gasteiger partial charge on any atom is 0.107 e. The van der Waals surface area contributed by atoms with Crippen LogP contribution in [0.25, 0.3) is 0 Å². The molecular formula is C14H19BrN2OS. The fraction of sp³-hybridized carbons (Fsp3) is 0.500. The average Bonchev–Trinajstić information content (AvgIpc) is 2.33. The molecule has 0 aromatic heterocycles. The van der Waals surface area contributed by atoms with Crippen LogP contribution in [0.2, 0.25) is 0 Å². The summed E-state index contributed by atoms with van der Waals surface area (Å²) in [5.41, 5.74) is 7.76. The standard InChI is InChI=1S/C14H19BrN2OS/c1-14(2)10(7-11(14)18-3)17-9-6-4-5-8(15)12(9)13(16)19/h4-6,10-11,17H,7H2,1-3H3,(H2,16,19). The zero-order valence-electron chi connectivity index (χ0n) is 11.4. The van der Waals surface area contributed by atoms with Crippen LogP contribution < -0.4 is 11.1 Å². The molecule has 1 aliphatic carbocycles. The molecule has 1 fully saturated rings. The van der Waals surface area contributed by atoms with Gasteiger partial charge in [-0.05, 0) is 34.5 Å². The van der Waals surface area contributed by atoms with Crippen LogP contribution in [-0.2, 0) is 4.74 Å². The number of ether oxygens (including phenoxy) is 1. The number of benzene rings is 1. The maximum atomic E-state index is 5.81. The summed E-state index contributed by atoms with van der Waals surface area (Å²) in [5, 5.41) is 3.55. The first kappa shape index (κ1) is 14.8. The fourth-order valence-electron chi connectivity index (χ4n) is 2.61. The van der Waals surface area contributed by atoms with Crippen LogP contribution in [-0.4, -0.2) is 24.2 Å². The summed E-state index contributed by atoms with van der Waals surface area (Å²) in [6.07, 6.45) is 1.29. The van der Waals surface area contributed by atoms with E-state index in [1.54, 1.807) is 7.11 Å². The normalized spacial score (nSPS) is 24.6. The van der Waals surface area contributed by atoms with E-state index in [9.17, 15) is 0 Å². The predicted octanol–water partition coefficient (Wildman–Crippen LogP) is 3.31. The number of rotatable bonds is 4. The summed E-state index contributed by atoms with van der Waals surface area (Å²) in [6, 6.07) is 6.30. The van der Waals surface area contributed by atoms with Crippen LogP contribution >= 0.6 is 28.1 Å². The Morgan fingerprint density at radius 2 is 2.21 bits per heavy atom. The highest BCUT2D eigenvalue weighted by Gasteiger charge is 2.48. The molecule has 0 spiro atoms. The van der Waals surface area contributed by atoms with E-state index in [1.165, 1.54) is 0 Å². The number of nitrogens with two attached hydrogens (primary N) is 1. The lowest BCUT2D eigenvalue weighted by Gasteiger charge is -2.51. The highest BCUT2D eigenvalue weighted by molar-refractivity contribution is 9.10. The van der Waals surface area contributed by atoms with E-state index >= 15 is 0 Å². The quantitative estimate of drug-likeness (QED) is 0.824. The lowest BCUT2D eigenvalue weighted by Crippen LogP contribution is -2.57. The Kier molecular flexibility index (Phi) is 4.18. The Bertz CT molecular complexity index is 504. The minimum absolute atomic E-state index is 0.102. The van der Waals surface area contributed by atoms with Gasteiger partial charge in [0.25, 0.3) is 0 Å². The minimum Gasteiger partial charge on any atom is -0.389 e. The van der Waals surface area contributed by atoms with Crippen LogP contribution in [0.4, 0.5) is 5.69 Å². The third-order valence-corrected chi connectivity index (χ3v) is 4.92. The Balaban J connectivity index is 2.22. The monoisotopic (exact) mass is 342 g/mol. The lowest BCUT2D eigenvalue weighted by molar-refractivity contribution is -0.0794. The Morgan fingerprint density at radius 3 is 2.74 bits per heavy atom. The van der Waals surface area contributed by atoms with E-state index in [1.807, 2.05) is 18.2 Å². The van der Waals surface area contributed by atoms with Crippen molar-refractivity contribution in [3.63, 3.8) is 0 Å². The molecule has 0 heterocycles. The summed E-state index contributed by atoms with van der Waals surface area (Å²) < 4.78 is 6.39. The van der Waals surface area contributed by atoms with Gasteiger partial charge in [-0.3, -0.25) is 0 Å². The molecule has 2 atom stereocenters. The average molecular weight is 343 g/mol. The van der Waals surface area contributed by atoms with Crippen LogP contribution in [0, 0.1) is 5.41 Å². The van der Waals surface area contributed by atoms with Crippen molar-refractivity contribution in [3.8, 4) is 0 Å². The van der Waals surface area contributed by atoms with Gasteiger partial charge < -0.3 is 15.8 Å². The van der Waals surface area contributed by atoms with Crippen molar-refractivity contribution >= 4 is 38.8 Å². The van der Waals surface area contributed by atoms with Crippen molar-refractivity contribution in [2.75, 3.05) is 12.4 Å². The largest absolute Gasteiger partial charge is 0.389 e. The number of halogens is 1. The zero-order chi connectivity index (χ0) is 14.2. The number of thiocarbonyl (C=S) groups is 1. The van der Waals surface area contributed by atoms with Gasteiger partial charge in [0.15, 0.2) is 0 Å². The van der Waals surface area contributed by atoms with Gasteiger partial charge >= 0.3 is 0 Å². The van der Waals surface area contributed by atoms with Gasteiger partial charge in [0.1, 0.15) is 4.99 Å². The third kappa shape index (κ3) is 2.64. The summed E-state index contributed by atoms with van der Waals surface area (Å²) in [4.78, 5) is 0.399. The fourth-order valence-corrected chi connectivity index (χ4v) is 3.54. The molecule has 2 rings (SSSR count). The molecule has 0 bridgehead atoms. The molecule has 1 aliphatic rings. The molecule has 3 N–H and O–H groups in total. The molecule has 5 heteroatoms. The van der Waals surface area contributed by atoms with Gasteiger partial charge in [0, 0.05) is 34.3 Å². The van der Waals surface area contributed by atoms with E-state index in [-0.39, 0.29) is 5.41 Å². The number of hydrogen-bond acceptors (Lipinski definition) is 3. The SMILES string of the molecule is COC1CC(Nc2cccc(Br)c2C(N)=S)C1(C)C. The molecule has 0 saturated heterocycles. The Morgan fingerprint density at radius 1 is 1.53 bits per heavy atom. The predicted molar refractivity (Wildman–Crippen MR) is 86.6 cm³/mol. The maximum absolute atomic E-state index is 5.81. The summed E-state index contributed by atoms with van der Waals surface area (Å²) in [5.74, 6) is 0. The van der Waals surface area contributed by atoms with E-state index in [2.05, 4.69) is 35.1 Å². The first-order valence-electron chi connectivity index (χ1n) is 6.25. The van der Waals surface area contributed by atoms with Crippen molar-refractivity contribution in [1.82, 2.24) is 0 Å². The highest BCUT2D eigenvalue weighted by atomic mass is 79.9. The van der Waals surface area contributed by atoms with E-state index in [4.69, 9.17) is 22.7 Å². The number of hydrogen-bond donors (Lipinski definition) is 2. The van der Waals surface area contributed by atoms with Crippen molar-refractivity contribution in [3.05, 3.63) is 28.2 Å². The second-order valence-corrected chi connectivity index (χ2v) is 6.80. The topological polar surface area (TPSA) is 47.3 Å². The number of anilines is 1. The first-order chi connectivity index (χ1) is 8.87. The molecule has 0 aliphatic heterocycles. The van der Waals surface area contributed by atoms with Crippen molar-refractivity contribution in [2.24, 2.45) is 11.1 Å². The molecule has 1 saturated carbocycles. The van der Waals surface area contributed by atoms with Gasteiger partial charge in [-0.2, -0.15) is 0 Å². The van der Waals surface area contributed by atoms with Crippen LogP contribution in [0.3, 0.4) is 0 Å². The van der Waals surface area contributed by atoms with Gasteiger partial charge in [-0.25, -0.2) is 0 Å². The molecule has 19 heavy (non-hydrogen) atoms. The molecule has 1 aromatic rings. The molecule has 2 unspecified atom stereocenters. The third-order valence-electron chi connectivity index (χ3n) is 4.05. The first-order valence-corrected chi connectivity index (χ1v) is 7.45. The van der Waals surface area contributed by atoms with Crippen molar-refractivity contribution in [1.29, 1.82) is 0 Å². The highest BCUT2D eigenvalue weighted by Crippen LogP contribution is 2.44. The molecule has 0 amide bonds. The molecular weight excluding hydrogens is 324 g/mol. The van der Waals surface area contributed by atoms with Gasteiger partial charge in [-0.15, -0.1) is 0 Å². The van der Waals surface area contributed by atoms with Gasteiger partial charge in [-0.1, -0.05) is 32.1 Å². The number of methoxy groups -OCH3 is 1. The number of nitrogens with one attached hydrogen (secondary N) is 1. The second-order valence-electron chi connectivity index (χ2n) is 5.50. The summed E-state index contributed by atoms with van der Waals surface area (Å²) in [7, 11) is 1.77. The van der Waals surface area contributed by atoms with E-state index in [0.717, 1.165) is 22.1 Å². The summed E-state index contributed by atoms with van der Waals surface area (Å²) in [6.45, 7) is 4.42. The van der Waals surface area contributed by atoms with Crippen LogP contribution in [0.1, 0.15) is 25.8 Å². The van der Waals surface area contributed by atoms with Crippen LogP contribution in [0.15, 0.2) is 22.7 Å². The van der Waals surface area contributed by atoms with Gasteiger partial charge in [0.05, 0.1) is 6.10 Å². The Hall–Kier alpha value is -0.650. The lowest BCUT2D eigenvalue weighted by atomic mass is 9.64. The smallest absolute Gasteiger partial charge is 0.107 e. The summed E-state index contributed by atoms with van der Waals surface area (Å²) >= 11 is 8.63. The molecule has 1 aromatic carbocycles. The van der Waals surface area contributed by atoms with Crippen molar-refractivity contribution in [2.45, 2.75) is 32.4 Å². The molecule has 0 radical (unpaired) electrons. The van der Waals surface area contributed by atoms with E-state index in [0.29, 0.717) is 17.1 Å². The van der Waals surface area contributed by atoms with Crippen LogP contribution in [0.5, 0.6) is 0 Å². The second kappa shape index (κ2) is 5.38.